The van der Waals surface area contributed by atoms with Crippen molar-refractivity contribution < 1.29 is 4.79 Å². The number of hydrogen-bond acceptors (Lipinski definition) is 5. The van der Waals surface area contributed by atoms with Gasteiger partial charge >= 0.3 is 0 Å². The van der Waals surface area contributed by atoms with Crippen LogP contribution in [0.25, 0.3) is 33.6 Å². The van der Waals surface area contributed by atoms with Crippen LogP contribution >= 0.6 is 0 Å². The first kappa shape index (κ1) is 21.1. The average molecular weight is 442 g/mol. The van der Waals surface area contributed by atoms with Crippen LogP contribution in [0.4, 0.5) is 0 Å². The van der Waals surface area contributed by atoms with E-state index >= 15 is 0 Å². The minimum Gasteiger partial charge on any atom is -0.340 e. The van der Waals surface area contributed by atoms with Crippen molar-refractivity contribution in [3.63, 3.8) is 0 Å². The van der Waals surface area contributed by atoms with Gasteiger partial charge in [-0.15, -0.1) is 0 Å². The van der Waals surface area contributed by atoms with Gasteiger partial charge < -0.3 is 4.90 Å². The van der Waals surface area contributed by atoms with E-state index in [1.807, 2.05) is 59.7 Å². The molecule has 0 radical (unpaired) electrons. The highest BCUT2D eigenvalue weighted by molar-refractivity contribution is 5.73. The number of carbonyl (C=O) groups excluding carboxylic acids is 1. The van der Waals surface area contributed by atoms with Gasteiger partial charge in [-0.2, -0.15) is 10.2 Å². The molecule has 8 nitrogen and oxygen atoms in total. The Balaban J connectivity index is 1.32. The zero-order valence-corrected chi connectivity index (χ0v) is 19.1. The molecule has 1 aromatic carbocycles. The van der Waals surface area contributed by atoms with E-state index in [2.05, 4.69) is 45.4 Å². The minimum absolute atomic E-state index is 0.144. The quantitative estimate of drug-likeness (QED) is 0.478. The van der Waals surface area contributed by atoms with E-state index in [1.54, 1.807) is 11.6 Å². The summed E-state index contributed by atoms with van der Waals surface area (Å²) in [5, 5.41) is 8.85. The molecule has 0 unspecified atom stereocenters. The summed E-state index contributed by atoms with van der Waals surface area (Å²) in [6.45, 7) is 4.52. The number of benzene rings is 1. The summed E-state index contributed by atoms with van der Waals surface area (Å²) in [7, 11) is 1.91. The third-order valence-corrected chi connectivity index (χ3v) is 6.37. The predicted octanol–water partition coefficient (Wildman–Crippen LogP) is 3.98. The molecule has 1 saturated heterocycles. The zero-order valence-electron chi connectivity index (χ0n) is 19.1. The molecule has 4 heterocycles. The van der Waals surface area contributed by atoms with E-state index in [0.717, 1.165) is 47.2 Å². The summed E-state index contributed by atoms with van der Waals surface area (Å²) in [4.78, 5) is 22.9. The summed E-state index contributed by atoms with van der Waals surface area (Å²) in [5.74, 6) is 0.827. The van der Waals surface area contributed by atoms with Crippen LogP contribution in [-0.4, -0.2) is 52.9 Å². The first-order valence-corrected chi connectivity index (χ1v) is 11.2. The molecule has 0 aliphatic carbocycles. The number of carbonyl (C=O) groups is 1. The van der Waals surface area contributed by atoms with Gasteiger partial charge in [-0.05, 0) is 31.4 Å². The molecule has 2 atom stereocenters. The first-order chi connectivity index (χ1) is 16.0. The Labute approximate surface area is 192 Å². The molecule has 3 aromatic heterocycles. The maximum absolute atomic E-state index is 11.7. The Kier molecular flexibility index (Phi) is 5.50. The Bertz CT molecular complexity index is 1270. The molecule has 1 aliphatic heterocycles. The van der Waals surface area contributed by atoms with E-state index in [1.165, 1.54) is 0 Å². The van der Waals surface area contributed by atoms with E-state index in [0.29, 0.717) is 11.9 Å². The van der Waals surface area contributed by atoms with Crippen LogP contribution in [0.5, 0.6) is 0 Å². The van der Waals surface area contributed by atoms with Crippen molar-refractivity contribution >= 4 is 5.91 Å². The lowest BCUT2D eigenvalue weighted by Crippen LogP contribution is -2.44. The second-order valence-electron chi connectivity index (χ2n) is 8.73. The van der Waals surface area contributed by atoms with Gasteiger partial charge in [-0.25, -0.2) is 9.97 Å². The smallest absolute Gasteiger partial charge is 0.219 e. The van der Waals surface area contributed by atoms with Gasteiger partial charge in [0.15, 0.2) is 5.82 Å². The van der Waals surface area contributed by atoms with Crippen LogP contribution in [0.15, 0.2) is 61.4 Å². The van der Waals surface area contributed by atoms with Gasteiger partial charge in [-0.1, -0.05) is 18.2 Å². The Hall–Kier alpha value is -3.81. The van der Waals surface area contributed by atoms with E-state index in [-0.39, 0.29) is 11.9 Å². The van der Waals surface area contributed by atoms with Crippen molar-refractivity contribution in [3.8, 4) is 33.6 Å². The van der Waals surface area contributed by atoms with Crippen LogP contribution in [-0.2, 0) is 11.8 Å². The number of likely N-dealkylation sites (tertiary alicyclic amines) is 1. The molecule has 0 saturated carbocycles. The first-order valence-electron chi connectivity index (χ1n) is 11.2. The largest absolute Gasteiger partial charge is 0.340 e. The zero-order chi connectivity index (χ0) is 22.9. The second-order valence-corrected chi connectivity index (χ2v) is 8.73. The second kappa shape index (κ2) is 8.61. The van der Waals surface area contributed by atoms with E-state index in [4.69, 9.17) is 0 Å². The standard InChI is InChI=1S/C25H27N7O/c1-17-9-24(7-8-31(17)18(2)33)32-16-23(14-29-32)21-11-26-25(27-12-21)20-6-4-5-19(10-20)22-13-28-30(3)15-22/h4-6,10-17,24H,7-9H2,1-3H3/t17-,24-/m0/s1. The normalized spacial score (nSPS) is 18.5. The van der Waals surface area contributed by atoms with Crippen molar-refractivity contribution in [1.29, 1.82) is 0 Å². The summed E-state index contributed by atoms with van der Waals surface area (Å²) in [5.41, 5.74) is 5.03. The molecule has 1 amide bonds. The third kappa shape index (κ3) is 4.28. The number of hydrogen-bond donors (Lipinski definition) is 0. The molecule has 1 fully saturated rings. The number of amides is 1. The monoisotopic (exact) mass is 441 g/mol. The Morgan fingerprint density at radius 2 is 1.67 bits per heavy atom. The van der Waals surface area contributed by atoms with Crippen molar-refractivity contribution in [2.45, 2.75) is 38.8 Å². The molecule has 0 N–H and O–H groups in total. The fourth-order valence-electron chi connectivity index (χ4n) is 4.58. The predicted molar refractivity (Wildman–Crippen MR) is 126 cm³/mol. The number of aryl methyl sites for hydroxylation is 1. The highest BCUT2D eigenvalue weighted by Crippen LogP contribution is 2.29. The lowest BCUT2D eigenvalue weighted by Gasteiger charge is -2.37. The van der Waals surface area contributed by atoms with Gasteiger partial charge in [-0.3, -0.25) is 14.2 Å². The van der Waals surface area contributed by atoms with Gasteiger partial charge in [0.1, 0.15) is 0 Å². The van der Waals surface area contributed by atoms with Gasteiger partial charge in [0.2, 0.25) is 5.91 Å². The van der Waals surface area contributed by atoms with Crippen LogP contribution in [0, 0.1) is 0 Å². The number of piperidine rings is 1. The molecule has 4 aromatic rings. The number of aromatic nitrogens is 6. The van der Waals surface area contributed by atoms with Gasteiger partial charge in [0.05, 0.1) is 18.4 Å². The molecule has 168 valence electrons. The maximum atomic E-state index is 11.7. The molecular formula is C25H27N7O. The van der Waals surface area contributed by atoms with Crippen molar-refractivity contribution in [2.24, 2.45) is 7.05 Å². The third-order valence-electron chi connectivity index (χ3n) is 6.37. The van der Waals surface area contributed by atoms with Gasteiger partial charge in [0.25, 0.3) is 0 Å². The highest BCUT2D eigenvalue weighted by atomic mass is 16.2. The van der Waals surface area contributed by atoms with Crippen LogP contribution in [0.3, 0.4) is 0 Å². The van der Waals surface area contributed by atoms with E-state index < -0.39 is 0 Å². The molecule has 33 heavy (non-hydrogen) atoms. The topological polar surface area (TPSA) is 81.7 Å². The number of nitrogens with zero attached hydrogens (tertiary/aromatic N) is 7. The van der Waals surface area contributed by atoms with Crippen molar-refractivity contribution in [1.82, 2.24) is 34.4 Å². The van der Waals surface area contributed by atoms with Crippen LogP contribution in [0.2, 0.25) is 0 Å². The summed E-state index contributed by atoms with van der Waals surface area (Å²) in [6, 6.07) is 8.68. The fraction of sp³-hybridized carbons (Fsp3) is 0.320. The lowest BCUT2D eigenvalue weighted by atomic mass is 9.98. The summed E-state index contributed by atoms with van der Waals surface area (Å²) >= 11 is 0. The highest BCUT2D eigenvalue weighted by Gasteiger charge is 2.28. The maximum Gasteiger partial charge on any atom is 0.219 e. The lowest BCUT2D eigenvalue weighted by molar-refractivity contribution is -0.132. The minimum atomic E-state index is 0.144. The SMILES string of the molecule is CC(=O)N1CC[C@H](n2cc(-c3cnc(-c4cccc(-c5cnn(C)c5)c4)nc3)cn2)C[C@@H]1C. The van der Waals surface area contributed by atoms with Crippen molar-refractivity contribution in [3.05, 3.63) is 61.4 Å². The summed E-state index contributed by atoms with van der Waals surface area (Å²) in [6.07, 6.45) is 13.3. The Morgan fingerprint density at radius 1 is 0.939 bits per heavy atom. The van der Waals surface area contributed by atoms with Crippen LogP contribution < -0.4 is 0 Å². The molecule has 0 spiro atoms. The summed E-state index contributed by atoms with van der Waals surface area (Å²) < 4.78 is 3.81. The van der Waals surface area contributed by atoms with Crippen molar-refractivity contribution in [2.75, 3.05) is 6.54 Å². The van der Waals surface area contributed by atoms with E-state index in [9.17, 15) is 4.79 Å². The molecule has 8 heteroatoms. The molecular weight excluding hydrogens is 414 g/mol. The average Bonchev–Trinajstić information content (AvgIpc) is 3.49. The fourth-order valence-corrected chi connectivity index (χ4v) is 4.58. The Morgan fingerprint density at radius 3 is 2.36 bits per heavy atom. The molecule has 5 rings (SSSR count). The van der Waals surface area contributed by atoms with Gasteiger partial charge in [0, 0.05) is 73.6 Å². The number of rotatable bonds is 4. The molecule has 0 bridgehead atoms. The molecule has 1 aliphatic rings. The van der Waals surface area contributed by atoms with Crippen LogP contribution in [0.1, 0.15) is 32.7 Å².